The highest BCUT2D eigenvalue weighted by molar-refractivity contribution is 5.80. The number of aryl methyl sites for hydroxylation is 1. The standard InChI is InChI=1S/C22H40N8O/c1-4-5-10-23-22(24-17-20-26-25-19(2)27(20)3)30-15-13-28(14-16-30)18-21(31)29-11-8-6-7-9-12-29/h4-18H2,1-3H3,(H,23,24). The predicted octanol–water partition coefficient (Wildman–Crippen LogP) is 1.39. The van der Waals surface area contributed by atoms with E-state index in [1.807, 2.05) is 18.5 Å². The van der Waals surface area contributed by atoms with Gasteiger partial charge in [-0.1, -0.05) is 26.2 Å². The summed E-state index contributed by atoms with van der Waals surface area (Å²) in [4.78, 5) is 24.2. The molecule has 3 rings (SSSR count). The van der Waals surface area contributed by atoms with Crippen LogP contribution >= 0.6 is 0 Å². The fourth-order valence-corrected chi connectivity index (χ4v) is 4.11. The summed E-state index contributed by atoms with van der Waals surface area (Å²) in [6.07, 6.45) is 7.07. The monoisotopic (exact) mass is 432 g/mol. The first-order chi connectivity index (χ1) is 15.1. The summed E-state index contributed by atoms with van der Waals surface area (Å²) >= 11 is 0. The molecule has 1 N–H and O–H groups in total. The normalized spacial score (nSPS) is 18.9. The molecular formula is C22H40N8O. The number of rotatable bonds is 7. The number of hydrogen-bond acceptors (Lipinski definition) is 5. The third kappa shape index (κ3) is 6.92. The molecule has 2 fully saturated rings. The Balaban J connectivity index is 1.53. The molecule has 1 aromatic heterocycles. The van der Waals surface area contributed by atoms with E-state index in [0.29, 0.717) is 19.0 Å². The van der Waals surface area contributed by atoms with Gasteiger partial charge in [-0.2, -0.15) is 0 Å². The molecule has 9 nitrogen and oxygen atoms in total. The van der Waals surface area contributed by atoms with Crippen molar-refractivity contribution in [2.24, 2.45) is 12.0 Å². The molecule has 2 saturated heterocycles. The Hall–Kier alpha value is -2.16. The molecule has 174 valence electrons. The van der Waals surface area contributed by atoms with Gasteiger partial charge < -0.3 is 19.7 Å². The Labute approximate surface area is 186 Å². The third-order valence-corrected chi connectivity index (χ3v) is 6.36. The molecule has 1 amide bonds. The number of nitrogens with zero attached hydrogens (tertiary/aromatic N) is 7. The highest BCUT2D eigenvalue weighted by atomic mass is 16.2. The fraction of sp³-hybridized carbons (Fsp3) is 0.818. The van der Waals surface area contributed by atoms with Crippen LogP contribution in [-0.2, 0) is 18.4 Å². The van der Waals surface area contributed by atoms with Crippen molar-refractivity contribution in [3.63, 3.8) is 0 Å². The first-order valence-electron chi connectivity index (χ1n) is 12.0. The number of nitrogens with one attached hydrogen (secondary N) is 1. The maximum Gasteiger partial charge on any atom is 0.236 e. The van der Waals surface area contributed by atoms with Crippen molar-refractivity contribution < 1.29 is 4.79 Å². The van der Waals surface area contributed by atoms with E-state index in [1.54, 1.807) is 0 Å². The number of carbonyl (C=O) groups is 1. The number of piperazine rings is 1. The third-order valence-electron chi connectivity index (χ3n) is 6.36. The minimum absolute atomic E-state index is 0.294. The molecule has 0 unspecified atom stereocenters. The summed E-state index contributed by atoms with van der Waals surface area (Å²) in [5, 5.41) is 11.9. The minimum atomic E-state index is 0.294. The molecule has 0 aliphatic carbocycles. The van der Waals surface area contributed by atoms with Crippen LogP contribution in [0.15, 0.2) is 4.99 Å². The molecule has 0 radical (unpaired) electrons. The topological polar surface area (TPSA) is 81.9 Å². The van der Waals surface area contributed by atoms with E-state index in [-0.39, 0.29) is 0 Å². The largest absolute Gasteiger partial charge is 0.356 e. The summed E-state index contributed by atoms with van der Waals surface area (Å²) in [6, 6.07) is 0. The van der Waals surface area contributed by atoms with Crippen LogP contribution in [0.4, 0.5) is 0 Å². The van der Waals surface area contributed by atoms with Crippen LogP contribution in [-0.4, -0.2) is 93.7 Å². The van der Waals surface area contributed by atoms with Crippen LogP contribution in [0.1, 0.15) is 57.1 Å². The van der Waals surface area contributed by atoms with Gasteiger partial charge in [0.15, 0.2) is 11.8 Å². The number of guanidine groups is 1. The van der Waals surface area contributed by atoms with Crippen molar-refractivity contribution in [1.29, 1.82) is 0 Å². The maximum absolute atomic E-state index is 12.7. The molecule has 2 aliphatic rings. The smallest absolute Gasteiger partial charge is 0.236 e. The Bertz CT molecular complexity index is 715. The van der Waals surface area contributed by atoms with E-state index in [4.69, 9.17) is 4.99 Å². The highest BCUT2D eigenvalue weighted by Gasteiger charge is 2.24. The molecular weight excluding hydrogens is 392 g/mol. The summed E-state index contributed by atoms with van der Waals surface area (Å²) < 4.78 is 1.99. The average Bonchev–Trinajstić information content (AvgIpc) is 2.97. The van der Waals surface area contributed by atoms with Gasteiger partial charge in [-0.15, -0.1) is 10.2 Å². The zero-order valence-corrected chi connectivity index (χ0v) is 19.6. The van der Waals surface area contributed by atoms with Crippen molar-refractivity contribution in [2.75, 3.05) is 52.4 Å². The van der Waals surface area contributed by atoms with E-state index >= 15 is 0 Å². The Kier molecular flexibility index (Phi) is 9.12. The van der Waals surface area contributed by atoms with Gasteiger partial charge in [0.05, 0.1) is 6.54 Å². The Morgan fingerprint density at radius 3 is 2.32 bits per heavy atom. The van der Waals surface area contributed by atoms with Crippen LogP contribution in [0.3, 0.4) is 0 Å². The number of carbonyl (C=O) groups excluding carboxylic acids is 1. The zero-order chi connectivity index (χ0) is 22.1. The molecule has 0 saturated carbocycles. The summed E-state index contributed by atoms with van der Waals surface area (Å²) in [5.41, 5.74) is 0. The lowest BCUT2D eigenvalue weighted by Gasteiger charge is -2.37. The number of unbranched alkanes of at least 4 members (excludes halogenated alkanes) is 1. The average molecular weight is 433 g/mol. The second-order valence-corrected chi connectivity index (χ2v) is 8.70. The molecule has 0 aromatic carbocycles. The SMILES string of the molecule is CCCCNC(=NCc1nnc(C)n1C)N1CCN(CC(=O)N2CCCCCC2)CC1. The van der Waals surface area contributed by atoms with Crippen LogP contribution in [0.5, 0.6) is 0 Å². The van der Waals surface area contributed by atoms with Gasteiger partial charge in [0.25, 0.3) is 0 Å². The van der Waals surface area contributed by atoms with Gasteiger partial charge in [-0.05, 0) is 26.2 Å². The molecule has 3 heterocycles. The van der Waals surface area contributed by atoms with Gasteiger partial charge in [-0.25, -0.2) is 4.99 Å². The van der Waals surface area contributed by atoms with E-state index in [1.165, 1.54) is 12.8 Å². The van der Waals surface area contributed by atoms with Crippen molar-refractivity contribution >= 4 is 11.9 Å². The van der Waals surface area contributed by atoms with Crippen molar-refractivity contribution in [2.45, 2.75) is 58.9 Å². The quantitative estimate of drug-likeness (QED) is 0.398. The summed E-state index contributed by atoms with van der Waals surface area (Å²) in [6.45, 7) is 11.5. The van der Waals surface area contributed by atoms with E-state index in [2.05, 4.69) is 37.1 Å². The molecule has 0 spiro atoms. The first-order valence-corrected chi connectivity index (χ1v) is 12.0. The molecule has 31 heavy (non-hydrogen) atoms. The molecule has 0 atom stereocenters. The molecule has 1 aromatic rings. The van der Waals surface area contributed by atoms with E-state index in [0.717, 1.165) is 89.1 Å². The van der Waals surface area contributed by atoms with Gasteiger partial charge in [0.1, 0.15) is 12.4 Å². The Morgan fingerprint density at radius 1 is 1.00 bits per heavy atom. The van der Waals surface area contributed by atoms with Crippen LogP contribution in [0.25, 0.3) is 0 Å². The van der Waals surface area contributed by atoms with E-state index < -0.39 is 0 Å². The predicted molar refractivity (Wildman–Crippen MR) is 123 cm³/mol. The van der Waals surface area contributed by atoms with Crippen molar-refractivity contribution in [1.82, 2.24) is 34.8 Å². The van der Waals surface area contributed by atoms with E-state index in [9.17, 15) is 4.79 Å². The second-order valence-electron chi connectivity index (χ2n) is 8.70. The number of amides is 1. The fourth-order valence-electron chi connectivity index (χ4n) is 4.11. The molecule has 2 aliphatic heterocycles. The van der Waals surface area contributed by atoms with Gasteiger partial charge in [0.2, 0.25) is 5.91 Å². The van der Waals surface area contributed by atoms with Gasteiger partial charge >= 0.3 is 0 Å². The van der Waals surface area contributed by atoms with Crippen molar-refractivity contribution in [3.05, 3.63) is 11.6 Å². The van der Waals surface area contributed by atoms with Gasteiger partial charge in [0, 0.05) is 52.9 Å². The lowest BCUT2D eigenvalue weighted by molar-refractivity contribution is -0.132. The van der Waals surface area contributed by atoms with Gasteiger partial charge in [-0.3, -0.25) is 9.69 Å². The van der Waals surface area contributed by atoms with Crippen LogP contribution < -0.4 is 5.32 Å². The number of likely N-dealkylation sites (tertiary alicyclic amines) is 1. The highest BCUT2D eigenvalue weighted by Crippen LogP contribution is 2.11. The summed E-state index contributed by atoms with van der Waals surface area (Å²) in [5.74, 6) is 3.00. The lowest BCUT2D eigenvalue weighted by Crippen LogP contribution is -2.54. The Morgan fingerprint density at radius 2 is 1.71 bits per heavy atom. The number of aliphatic imine (C=N–C) groups is 1. The first kappa shape index (κ1) is 23.5. The maximum atomic E-state index is 12.7. The minimum Gasteiger partial charge on any atom is -0.356 e. The number of hydrogen-bond donors (Lipinski definition) is 1. The molecule has 9 heteroatoms. The van der Waals surface area contributed by atoms with Crippen molar-refractivity contribution in [3.8, 4) is 0 Å². The second kappa shape index (κ2) is 12.0. The van der Waals surface area contributed by atoms with Crippen LogP contribution in [0.2, 0.25) is 0 Å². The summed E-state index contributed by atoms with van der Waals surface area (Å²) in [7, 11) is 1.98. The molecule has 0 bridgehead atoms. The lowest BCUT2D eigenvalue weighted by atomic mass is 10.2. The zero-order valence-electron chi connectivity index (χ0n) is 19.6. The number of aromatic nitrogens is 3. The van der Waals surface area contributed by atoms with Crippen LogP contribution in [0, 0.1) is 6.92 Å².